The first-order valence-electron chi connectivity index (χ1n) is 12.1. The van der Waals surface area contributed by atoms with Crippen molar-refractivity contribution in [2.24, 2.45) is 17.6 Å². The molecule has 37 heavy (non-hydrogen) atoms. The van der Waals surface area contributed by atoms with Crippen LogP contribution in [-0.4, -0.2) is 86.4 Å². The lowest BCUT2D eigenvalue weighted by atomic mass is 9.54. The Morgan fingerprint density at radius 2 is 1.81 bits per heavy atom. The van der Waals surface area contributed by atoms with Gasteiger partial charge in [0.1, 0.15) is 22.8 Å². The molecule has 6 atom stereocenters. The zero-order valence-electron chi connectivity index (χ0n) is 20.7. The monoisotopic (exact) mass is 518 g/mol. The normalized spacial score (nSPS) is 31.4. The second-order valence-electron chi connectivity index (χ2n) is 10.2. The van der Waals surface area contributed by atoms with Crippen LogP contribution in [0.1, 0.15) is 42.4 Å². The second kappa shape index (κ2) is 9.23. The SMILES string of the molecule is C[C@H]1c2ccc(CCCCF)c(O)c2C(O)=C2C(=O)C3(O)C(O)=C(C(N)=O)C(=O)[C@@H](N(C)C)[C@@H]3[C@@H](O)[C@@H]21. The average molecular weight is 519 g/mol. The summed E-state index contributed by atoms with van der Waals surface area (Å²) in [4.78, 5) is 40.4. The number of primary amides is 1. The maximum absolute atomic E-state index is 13.9. The number of fused-ring (bicyclic) bond motifs is 3. The fraction of sp³-hybridized carbons (Fsp3) is 0.500. The van der Waals surface area contributed by atoms with E-state index in [0.717, 1.165) is 0 Å². The third-order valence-corrected chi connectivity index (χ3v) is 8.04. The van der Waals surface area contributed by atoms with Gasteiger partial charge in [0.15, 0.2) is 11.4 Å². The van der Waals surface area contributed by atoms with E-state index in [1.54, 1.807) is 19.1 Å². The van der Waals surface area contributed by atoms with E-state index in [4.69, 9.17) is 5.73 Å². The lowest BCUT2D eigenvalue weighted by molar-refractivity contribution is -0.169. The van der Waals surface area contributed by atoms with Crippen LogP contribution in [0.3, 0.4) is 0 Å². The summed E-state index contributed by atoms with van der Waals surface area (Å²) in [7, 11) is 2.90. The van der Waals surface area contributed by atoms with Crippen LogP contribution in [0.25, 0.3) is 5.76 Å². The van der Waals surface area contributed by atoms with E-state index in [9.17, 15) is 44.3 Å². The van der Waals surface area contributed by atoms with Gasteiger partial charge in [-0.05, 0) is 50.4 Å². The summed E-state index contributed by atoms with van der Waals surface area (Å²) in [5.74, 6) is -9.17. The van der Waals surface area contributed by atoms with Crippen molar-refractivity contribution in [3.05, 3.63) is 45.7 Å². The van der Waals surface area contributed by atoms with Crippen molar-refractivity contribution in [2.75, 3.05) is 20.8 Å². The molecule has 3 aliphatic rings. The fourth-order valence-electron chi connectivity index (χ4n) is 6.27. The van der Waals surface area contributed by atoms with Crippen molar-refractivity contribution >= 4 is 23.2 Å². The number of benzene rings is 1. The molecule has 1 aromatic carbocycles. The molecule has 11 heteroatoms. The number of rotatable bonds is 6. The highest BCUT2D eigenvalue weighted by Gasteiger charge is 2.68. The number of likely N-dealkylation sites (N-methyl/N-ethyl adjacent to an activating group) is 1. The van der Waals surface area contributed by atoms with E-state index >= 15 is 0 Å². The van der Waals surface area contributed by atoms with Gasteiger partial charge in [-0.15, -0.1) is 0 Å². The van der Waals surface area contributed by atoms with Gasteiger partial charge in [0.25, 0.3) is 5.91 Å². The molecule has 10 nitrogen and oxygen atoms in total. The van der Waals surface area contributed by atoms with Crippen molar-refractivity contribution in [1.29, 1.82) is 0 Å². The number of nitrogens with zero attached hydrogens (tertiary/aromatic N) is 1. The molecule has 1 fully saturated rings. The Morgan fingerprint density at radius 3 is 2.38 bits per heavy atom. The number of phenols is 1. The van der Waals surface area contributed by atoms with Gasteiger partial charge in [-0.1, -0.05) is 19.1 Å². The standard InChI is InChI=1S/C26H31FN2O8/c1-10-12-8-7-11(6-4-5-9-27)19(30)14(12)20(31)15-13(10)21(32)17-18(29(2)3)22(33)16(25(28)36)24(35)26(17,37)23(15)34/h7-8,10,13,17-18,21,30-32,35,37H,4-6,9H2,1-3H3,(H2,28,36)/t10-,13+,17+,18-,21-,26?/m0/s1. The number of Topliss-reactive ketones (excluding diaryl/α,β-unsaturated/α-hetero) is 2. The molecule has 0 aliphatic heterocycles. The number of ketones is 2. The van der Waals surface area contributed by atoms with Crippen LogP contribution < -0.4 is 5.73 Å². The summed E-state index contributed by atoms with van der Waals surface area (Å²) in [6, 6.07) is 1.88. The minimum Gasteiger partial charge on any atom is -0.508 e. The predicted molar refractivity (Wildman–Crippen MR) is 129 cm³/mol. The highest BCUT2D eigenvalue weighted by atomic mass is 19.1. The van der Waals surface area contributed by atoms with Crippen molar-refractivity contribution in [3.8, 4) is 5.75 Å². The van der Waals surface area contributed by atoms with Crippen molar-refractivity contribution in [1.82, 2.24) is 4.90 Å². The summed E-state index contributed by atoms with van der Waals surface area (Å²) in [6.07, 6.45) is -0.612. The molecule has 0 bridgehead atoms. The van der Waals surface area contributed by atoms with Gasteiger partial charge in [0.2, 0.25) is 5.78 Å². The first-order chi connectivity index (χ1) is 17.3. The van der Waals surface area contributed by atoms with E-state index < -0.39 is 82.3 Å². The zero-order valence-corrected chi connectivity index (χ0v) is 20.7. The molecular formula is C26H31FN2O8. The Hall–Kier alpha value is -3.28. The van der Waals surface area contributed by atoms with E-state index in [1.165, 1.54) is 19.0 Å². The predicted octanol–water partition coefficient (Wildman–Crippen LogP) is 0.788. The summed E-state index contributed by atoms with van der Waals surface area (Å²) in [5, 5.41) is 56.4. The summed E-state index contributed by atoms with van der Waals surface area (Å²) < 4.78 is 12.6. The Labute approximate surface area is 212 Å². The molecule has 0 spiro atoms. The zero-order chi connectivity index (χ0) is 27.6. The summed E-state index contributed by atoms with van der Waals surface area (Å²) in [5.41, 5.74) is 1.74. The van der Waals surface area contributed by atoms with E-state index in [-0.39, 0.29) is 17.7 Å². The minimum absolute atomic E-state index is 0.0614. The van der Waals surface area contributed by atoms with Crippen LogP contribution in [0.4, 0.5) is 4.39 Å². The maximum atomic E-state index is 13.9. The number of nitrogens with two attached hydrogens (primary N) is 1. The summed E-state index contributed by atoms with van der Waals surface area (Å²) in [6.45, 7) is 1.14. The molecule has 200 valence electrons. The van der Waals surface area contributed by atoms with Crippen LogP contribution >= 0.6 is 0 Å². The number of carbonyl (C=O) groups excluding carboxylic acids is 3. The number of halogens is 1. The molecule has 0 aromatic heterocycles. The molecule has 1 aromatic rings. The third kappa shape index (κ3) is 3.59. The number of carbonyl (C=O) groups is 3. The Kier molecular flexibility index (Phi) is 6.68. The Balaban J connectivity index is 1.97. The van der Waals surface area contributed by atoms with E-state index in [2.05, 4.69) is 0 Å². The number of phenolic OH excluding ortho intramolecular Hbond substituents is 1. The largest absolute Gasteiger partial charge is 0.508 e. The molecule has 1 saturated carbocycles. The molecule has 7 N–H and O–H groups in total. The van der Waals surface area contributed by atoms with Gasteiger partial charge in [-0.25, -0.2) is 0 Å². The van der Waals surface area contributed by atoms with Crippen molar-refractivity contribution in [2.45, 2.75) is 49.9 Å². The van der Waals surface area contributed by atoms with Gasteiger partial charge >= 0.3 is 0 Å². The number of aliphatic hydroxyl groups is 4. The summed E-state index contributed by atoms with van der Waals surface area (Å²) >= 11 is 0. The molecule has 3 aliphatic carbocycles. The molecule has 1 unspecified atom stereocenters. The van der Waals surface area contributed by atoms with Crippen LogP contribution in [0, 0.1) is 11.8 Å². The molecule has 4 rings (SSSR count). The van der Waals surface area contributed by atoms with Crippen molar-refractivity contribution in [3.63, 3.8) is 0 Å². The van der Waals surface area contributed by atoms with Gasteiger partial charge in [0, 0.05) is 11.5 Å². The number of aromatic hydroxyl groups is 1. The highest BCUT2D eigenvalue weighted by Crippen LogP contribution is 2.56. The van der Waals surface area contributed by atoms with E-state index in [0.29, 0.717) is 24.0 Å². The maximum Gasteiger partial charge on any atom is 0.255 e. The minimum atomic E-state index is -2.95. The van der Waals surface area contributed by atoms with E-state index in [1.807, 2.05) is 0 Å². The van der Waals surface area contributed by atoms with Gasteiger partial charge in [-0.3, -0.25) is 23.7 Å². The molecule has 0 radical (unpaired) electrons. The number of amides is 1. The number of hydrogen-bond donors (Lipinski definition) is 6. The lowest BCUT2D eigenvalue weighted by Gasteiger charge is -2.53. The Morgan fingerprint density at radius 1 is 1.16 bits per heavy atom. The molecular weight excluding hydrogens is 487 g/mol. The number of aliphatic hydroxyl groups excluding tert-OH is 3. The van der Waals surface area contributed by atoms with Crippen LogP contribution in [0.2, 0.25) is 0 Å². The second-order valence-corrected chi connectivity index (χ2v) is 10.2. The van der Waals surface area contributed by atoms with Gasteiger partial charge in [0.05, 0.1) is 30.3 Å². The molecule has 0 saturated heterocycles. The van der Waals surface area contributed by atoms with Crippen LogP contribution in [0.15, 0.2) is 29.0 Å². The van der Waals surface area contributed by atoms with Crippen molar-refractivity contribution < 1.29 is 44.3 Å². The third-order valence-electron chi connectivity index (χ3n) is 8.04. The number of unbranched alkanes of at least 4 members (excludes halogenated alkanes) is 1. The average Bonchev–Trinajstić information content (AvgIpc) is 2.82. The van der Waals surface area contributed by atoms with Gasteiger partial charge < -0.3 is 31.3 Å². The topological polar surface area (TPSA) is 182 Å². The first-order valence-corrected chi connectivity index (χ1v) is 12.1. The first kappa shape index (κ1) is 26.8. The lowest BCUT2D eigenvalue weighted by Crippen LogP contribution is -2.70. The molecule has 1 amide bonds. The Bertz CT molecular complexity index is 1260. The number of alkyl halides is 1. The van der Waals surface area contributed by atoms with Gasteiger partial charge in [-0.2, -0.15) is 0 Å². The van der Waals surface area contributed by atoms with Crippen LogP contribution in [0.5, 0.6) is 5.75 Å². The quantitative estimate of drug-likeness (QED) is 0.234. The number of aryl methyl sites for hydroxylation is 1. The fourth-order valence-corrected chi connectivity index (χ4v) is 6.27. The number of hydrogen-bond acceptors (Lipinski definition) is 9. The van der Waals surface area contributed by atoms with Crippen LogP contribution in [-0.2, 0) is 20.8 Å². The molecule has 0 heterocycles. The smallest absolute Gasteiger partial charge is 0.255 e. The highest BCUT2D eigenvalue weighted by molar-refractivity contribution is 6.24.